The average molecular weight is 259 g/mol. The molecule has 5 heteroatoms. The maximum Gasteiger partial charge on any atom is 0.272 e. The number of aromatic nitrogens is 1. The van der Waals surface area contributed by atoms with Crippen LogP contribution in [0.3, 0.4) is 0 Å². The normalized spacial score (nSPS) is 16.9. The van der Waals surface area contributed by atoms with Crippen molar-refractivity contribution in [2.45, 2.75) is 31.3 Å². The summed E-state index contributed by atoms with van der Waals surface area (Å²) in [6.45, 7) is 0.327. The molecule has 0 unspecified atom stereocenters. The number of pyridine rings is 1. The second kappa shape index (κ2) is 5.37. The van der Waals surface area contributed by atoms with Crippen molar-refractivity contribution >= 4 is 5.91 Å². The number of amides is 1. The number of likely N-dealkylation sites (N-methyl/N-ethyl adjacent to an activating group) is 1. The SMILES string of the molecule is CN(CC1(O)CCCC1)C(=O)c1ccc(C#N)cn1. The molecule has 100 valence electrons. The molecule has 1 N–H and O–H groups in total. The fourth-order valence-corrected chi connectivity index (χ4v) is 2.49. The summed E-state index contributed by atoms with van der Waals surface area (Å²) in [4.78, 5) is 17.6. The molecule has 1 saturated carbocycles. The summed E-state index contributed by atoms with van der Waals surface area (Å²) >= 11 is 0. The standard InChI is InChI=1S/C14H17N3O2/c1-17(10-14(19)6-2-3-7-14)13(18)12-5-4-11(8-15)9-16-12/h4-5,9,19H,2-3,6-7,10H2,1H3. The first kappa shape index (κ1) is 13.5. The van der Waals surface area contributed by atoms with Crippen LogP contribution in [0.5, 0.6) is 0 Å². The van der Waals surface area contributed by atoms with E-state index in [-0.39, 0.29) is 5.91 Å². The zero-order chi connectivity index (χ0) is 13.9. The largest absolute Gasteiger partial charge is 0.388 e. The smallest absolute Gasteiger partial charge is 0.272 e. The predicted molar refractivity (Wildman–Crippen MR) is 69.3 cm³/mol. The predicted octanol–water partition coefficient (Wildman–Crippen LogP) is 1.33. The summed E-state index contributed by atoms with van der Waals surface area (Å²) in [5.74, 6) is -0.232. The molecule has 0 aromatic carbocycles. The van der Waals surface area contributed by atoms with Gasteiger partial charge in [-0.15, -0.1) is 0 Å². The first-order chi connectivity index (χ1) is 9.04. The van der Waals surface area contributed by atoms with E-state index in [0.717, 1.165) is 25.7 Å². The van der Waals surface area contributed by atoms with E-state index in [2.05, 4.69) is 4.98 Å². The number of carbonyl (C=O) groups excluding carboxylic acids is 1. The highest BCUT2D eigenvalue weighted by molar-refractivity contribution is 5.92. The van der Waals surface area contributed by atoms with Crippen LogP contribution < -0.4 is 0 Å². The molecular formula is C14H17N3O2. The molecule has 5 nitrogen and oxygen atoms in total. The number of nitrogens with zero attached hydrogens (tertiary/aromatic N) is 3. The summed E-state index contributed by atoms with van der Waals surface area (Å²) < 4.78 is 0. The molecule has 1 aliphatic rings. The van der Waals surface area contributed by atoms with E-state index in [1.165, 1.54) is 17.2 Å². The molecule has 1 aliphatic carbocycles. The quantitative estimate of drug-likeness (QED) is 0.888. The van der Waals surface area contributed by atoms with Crippen molar-refractivity contribution in [1.29, 1.82) is 5.26 Å². The molecule has 0 radical (unpaired) electrons. The van der Waals surface area contributed by atoms with Crippen LogP contribution in [0.15, 0.2) is 18.3 Å². The van der Waals surface area contributed by atoms with Gasteiger partial charge >= 0.3 is 0 Å². The molecule has 19 heavy (non-hydrogen) atoms. The number of carbonyl (C=O) groups is 1. The lowest BCUT2D eigenvalue weighted by Gasteiger charge is -2.28. The van der Waals surface area contributed by atoms with Crippen LogP contribution in [-0.4, -0.2) is 40.1 Å². The second-order valence-corrected chi connectivity index (χ2v) is 5.14. The molecule has 0 aliphatic heterocycles. The van der Waals surface area contributed by atoms with Gasteiger partial charge in [-0.1, -0.05) is 12.8 Å². The molecule has 1 fully saturated rings. The molecule has 1 amide bonds. The van der Waals surface area contributed by atoms with Gasteiger partial charge in [-0.3, -0.25) is 4.79 Å². The number of nitriles is 1. The summed E-state index contributed by atoms with van der Waals surface area (Å²) in [6, 6.07) is 5.07. The topological polar surface area (TPSA) is 77.2 Å². The van der Waals surface area contributed by atoms with E-state index in [9.17, 15) is 9.90 Å². The zero-order valence-electron chi connectivity index (χ0n) is 11.0. The Hall–Kier alpha value is -1.93. The summed E-state index contributed by atoms with van der Waals surface area (Å²) in [7, 11) is 1.67. The van der Waals surface area contributed by atoms with Crippen molar-refractivity contribution in [3.8, 4) is 6.07 Å². The molecule has 1 aromatic heterocycles. The Balaban J connectivity index is 2.04. The van der Waals surface area contributed by atoms with Crippen LogP contribution in [0.1, 0.15) is 41.7 Å². The van der Waals surface area contributed by atoms with Crippen molar-refractivity contribution in [1.82, 2.24) is 9.88 Å². The van der Waals surface area contributed by atoms with Crippen molar-refractivity contribution in [2.24, 2.45) is 0 Å². The number of hydrogen-bond donors (Lipinski definition) is 1. The van der Waals surface area contributed by atoms with Gasteiger partial charge < -0.3 is 10.0 Å². The summed E-state index contributed by atoms with van der Waals surface area (Å²) in [5, 5.41) is 19.0. The van der Waals surface area contributed by atoms with Gasteiger partial charge in [0.05, 0.1) is 11.2 Å². The number of hydrogen-bond acceptors (Lipinski definition) is 4. The minimum absolute atomic E-state index is 0.232. The third kappa shape index (κ3) is 3.09. The fourth-order valence-electron chi connectivity index (χ4n) is 2.49. The highest BCUT2D eigenvalue weighted by atomic mass is 16.3. The van der Waals surface area contributed by atoms with E-state index in [1.54, 1.807) is 13.1 Å². The lowest BCUT2D eigenvalue weighted by Crippen LogP contribution is -2.42. The van der Waals surface area contributed by atoms with Crippen LogP contribution >= 0.6 is 0 Å². The molecule has 2 rings (SSSR count). The van der Waals surface area contributed by atoms with Crippen LogP contribution in [-0.2, 0) is 0 Å². The van der Waals surface area contributed by atoms with Gasteiger partial charge in [0.15, 0.2) is 0 Å². The Morgan fingerprint density at radius 1 is 1.53 bits per heavy atom. The van der Waals surface area contributed by atoms with Gasteiger partial charge in [-0.2, -0.15) is 5.26 Å². The lowest BCUT2D eigenvalue weighted by molar-refractivity contribution is 0.0155. The highest BCUT2D eigenvalue weighted by Gasteiger charge is 2.33. The minimum atomic E-state index is -0.753. The average Bonchev–Trinajstić information content (AvgIpc) is 2.84. The zero-order valence-corrected chi connectivity index (χ0v) is 11.0. The van der Waals surface area contributed by atoms with Crippen LogP contribution in [0.2, 0.25) is 0 Å². The van der Waals surface area contributed by atoms with E-state index in [4.69, 9.17) is 5.26 Å². The van der Waals surface area contributed by atoms with Gasteiger partial charge in [0.1, 0.15) is 11.8 Å². The van der Waals surface area contributed by atoms with E-state index in [0.29, 0.717) is 17.8 Å². The Bertz CT molecular complexity index is 498. The first-order valence-corrected chi connectivity index (χ1v) is 6.38. The molecule has 0 bridgehead atoms. The van der Waals surface area contributed by atoms with Crippen molar-refractivity contribution in [3.63, 3.8) is 0 Å². The van der Waals surface area contributed by atoms with Crippen molar-refractivity contribution in [3.05, 3.63) is 29.6 Å². The number of aliphatic hydroxyl groups is 1. The third-order valence-electron chi connectivity index (χ3n) is 3.52. The monoisotopic (exact) mass is 259 g/mol. The van der Waals surface area contributed by atoms with Gasteiger partial charge in [0, 0.05) is 19.8 Å². The van der Waals surface area contributed by atoms with Gasteiger partial charge in [-0.25, -0.2) is 4.98 Å². The Kier molecular flexibility index (Phi) is 3.82. The first-order valence-electron chi connectivity index (χ1n) is 6.38. The second-order valence-electron chi connectivity index (χ2n) is 5.14. The lowest BCUT2D eigenvalue weighted by atomic mass is 10.0. The van der Waals surface area contributed by atoms with Gasteiger partial charge in [-0.05, 0) is 25.0 Å². The van der Waals surface area contributed by atoms with Crippen molar-refractivity contribution in [2.75, 3.05) is 13.6 Å². The minimum Gasteiger partial charge on any atom is -0.388 e. The molecule has 0 spiro atoms. The number of rotatable bonds is 3. The highest BCUT2D eigenvalue weighted by Crippen LogP contribution is 2.30. The Labute approximate surface area is 112 Å². The van der Waals surface area contributed by atoms with Crippen LogP contribution in [0, 0.1) is 11.3 Å². The van der Waals surface area contributed by atoms with Gasteiger partial charge in [0.2, 0.25) is 0 Å². The molecule has 1 heterocycles. The van der Waals surface area contributed by atoms with Crippen molar-refractivity contribution < 1.29 is 9.90 Å². The fraction of sp³-hybridized carbons (Fsp3) is 0.500. The summed E-state index contributed by atoms with van der Waals surface area (Å²) in [5.41, 5.74) is -0.0338. The Morgan fingerprint density at radius 3 is 2.74 bits per heavy atom. The molecule has 0 atom stereocenters. The molecule has 1 aromatic rings. The van der Waals surface area contributed by atoms with E-state index >= 15 is 0 Å². The van der Waals surface area contributed by atoms with E-state index in [1.807, 2.05) is 6.07 Å². The maximum atomic E-state index is 12.1. The van der Waals surface area contributed by atoms with Gasteiger partial charge in [0.25, 0.3) is 5.91 Å². The van der Waals surface area contributed by atoms with Crippen LogP contribution in [0.4, 0.5) is 0 Å². The Morgan fingerprint density at radius 2 is 2.21 bits per heavy atom. The molecule has 0 saturated heterocycles. The summed E-state index contributed by atoms with van der Waals surface area (Å²) in [6.07, 6.45) is 4.88. The molecular weight excluding hydrogens is 242 g/mol. The van der Waals surface area contributed by atoms with Crippen LogP contribution in [0.25, 0.3) is 0 Å². The van der Waals surface area contributed by atoms with E-state index < -0.39 is 5.60 Å². The maximum absolute atomic E-state index is 12.1. The third-order valence-corrected chi connectivity index (χ3v) is 3.52.